The molecule has 0 aliphatic heterocycles. The van der Waals surface area contributed by atoms with Gasteiger partial charge in [0.1, 0.15) is 0 Å². The molecule has 150 valence electrons. The van der Waals surface area contributed by atoms with E-state index in [1.807, 2.05) is 24.3 Å². The van der Waals surface area contributed by atoms with Crippen molar-refractivity contribution in [1.29, 1.82) is 0 Å². The number of unbranched alkanes of at least 4 members (excludes halogenated alkanes) is 1. The van der Waals surface area contributed by atoms with E-state index in [9.17, 15) is 14.7 Å². The standard InChI is InChI=1S/C13H18O2.C6H14N2O2.H2O/c1-9(2)8-11-4-6-12(7-5-11)10(3)13(14)15;7-4-2-1-3-5(8)6(9)10;/h4-7,9-10H,8H2,1-3H3,(H,14,15);5H,1-4,7-8H2,(H,9,10);1H2/p-1. The fourth-order valence-corrected chi connectivity index (χ4v) is 2.18. The number of aliphatic carboxylic acids is 2. The van der Waals surface area contributed by atoms with E-state index in [0.717, 1.165) is 24.8 Å². The molecule has 2 unspecified atom stereocenters. The summed E-state index contributed by atoms with van der Waals surface area (Å²) in [5.74, 6) is -1.74. The van der Waals surface area contributed by atoms with Gasteiger partial charge in [-0.2, -0.15) is 0 Å². The van der Waals surface area contributed by atoms with Crippen molar-refractivity contribution in [3.05, 3.63) is 35.4 Å². The van der Waals surface area contributed by atoms with Gasteiger partial charge in [0.25, 0.3) is 0 Å². The Balaban J connectivity index is 0. The topological polar surface area (TPSA) is 161 Å². The molecule has 0 heterocycles. The Kier molecular flexibility index (Phi) is 14.4. The maximum Gasteiger partial charge on any atom is 0.310 e. The highest BCUT2D eigenvalue weighted by atomic mass is 16.4. The molecule has 1 aromatic rings. The zero-order chi connectivity index (χ0) is 19.4. The number of rotatable bonds is 9. The van der Waals surface area contributed by atoms with Crippen LogP contribution < -0.4 is 16.6 Å². The Morgan fingerprint density at radius 2 is 1.65 bits per heavy atom. The second-order valence-corrected chi connectivity index (χ2v) is 6.61. The van der Waals surface area contributed by atoms with Gasteiger partial charge in [0.2, 0.25) is 0 Å². The molecule has 0 aliphatic rings. The van der Waals surface area contributed by atoms with Crippen molar-refractivity contribution in [3.8, 4) is 0 Å². The summed E-state index contributed by atoms with van der Waals surface area (Å²) in [6.45, 7) is 6.64. The van der Waals surface area contributed by atoms with Crippen molar-refractivity contribution in [2.24, 2.45) is 17.4 Å². The zero-order valence-corrected chi connectivity index (χ0v) is 15.9. The van der Waals surface area contributed by atoms with Crippen LogP contribution in [0.1, 0.15) is 57.1 Å². The lowest BCUT2D eigenvalue weighted by atomic mass is 9.97. The van der Waals surface area contributed by atoms with Gasteiger partial charge in [-0.1, -0.05) is 44.5 Å². The third-order valence-corrected chi connectivity index (χ3v) is 3.77. The Morgan fingerprint density at radius 1 is 1.12 bits per heavy atom. The van der Waals surface area contributed by atoms with Crippen molar-refractivity contribution in [2.75, 3.05) is 6.54 Å². The number of carboxylic acids is 2. The quantitative estimate of drug-likeness (QED) is 0.535. The second-order valence-electron chi connectivity index (χ2n) is 6.61. The maximum atomic E-state index is 10.8. The molecule has 7 heteroatoms. The van der Waals surface area contributed by atoms with E-state index >= 15 is 0 Å². The van der Waals surface area contributed by atoms with Crippen LogP contribution in [0, 0.1) is 5.92 Å². The number of carbonyl (C=O) groups excluding carboxylic acids is 1. The van der Waals surface area contributed by atoms with Crippen LogP contribution in [0.4, 0.5) is 0 Å². The second kappa shape index (κ2) is 14.2. The van der Waals surface area contributed by atoms with Crippen LogP contribution in [0.15, 0.2) is 24.3 Å². The Labute approximate surface area is 155 Å². The van der Waals surface area contributed by atoms with Crippen molar-refractivity contribution in [3.63, 3.8) is 0 Å². The van der Waals surface area contributed by atoms with Gasteiger partial charge in [0.15, 0.2) is 0 Å². The van der Waals surface area contributed by atoms with Crippen LogP contribution in [0.25, 0.3) is 0 Å². The summed E-state index contributed by atoms with van der Waals surface area (Å²) >= 11 is 0. The first-order valence-corrected chi connectivity index (χ1v) is 8.67. The van der Waals surface area contributed by atoms with Gasteiger partial charge in [0, 0.05) is 6.04 Å². The van der Waals surface area contributed by atoms with Crippen LogP contribution in [0.3, 0.4) is 0 Å². The molecule has 7 nitrogen and oxygen atoms in total. The number of nitrogens with two attached hydrogens (primary N) is 2. The van der Waals surface area contributed by atoms with Gasteiger partial charge in [-0.15, -0.1) is 0 Å². The van der Waals surface area contributed by atoms with Crippen molar-refractivity contribution < 1.29 is 25.3 Å². The summed E-state index contributed by atoms with van der Waals surface area (Å²) < 4.78 is 0. The van der Waals surface area contributed by atoms with Gasteiger partial charge in [0.05, 0.1) is 11.9 Å². The fraction of sp³-hybridized carbons (Fsp3) is 0.579. The highest BCUT2D eigenvalue weighted by Crippen LogP contribution is 2.17. The molecule has 0 aliphatic carbocycles. The lowest BCUT2D eigenvalue weighted by molar-refractivity contribution is -0.307. The molecule has 0 spiro atoms. The van der Waals surface area contributed by atoms with E-state index in [1.54, 1.807) is 6.92 Å². The normalized spacial score (nSPS) is 12.4. The highest BCUT2D eigenvalue weighted by molar-refractivity contribution is 5.75. The summed E-state index contributed by atoms with van der Waals surface area (Å²) in [4.78, 5) is 20.8. The molecule has 0 radical (unpaired) electrons. The first-order chi connectivity index (χ1) is 11.7. The van der Waals surface area contributed by atoms with Crippen LogP contribution in [-0.4, -0.2) is 35.1 Å². The molecule has 0 fully saturated rings. The first kappa shape index (κ1) is 26.3. The predicted octanol–water partition coefficient (Wildman–Crippen LogP) is 0.441. The third kappa shape index (κ3) is 11.6. The monoisotopic (exact) mass is 369 g/mol. The average Bonchev–Trinajstić information content (AvgIpc) is 2.55. The number of benzene rings is 1. The fourth-order valence-electron chi connectivity index (χ4n) is 2.18. The van der Waals surface area contributed by atoms with Gasteiger partial charge >= 0.3 is 5.97 Å². The molecular weight excluding hydrogens is 336 g/mol. The van der Waals surface area contributed by atoms with Crippen LogP contribution in [0.5, 0.6) is 0 Å². The SMILES string of the molecule is CC(C)Cc1ccc(C(C)C(=O)O)cc1.NCCCCC(N)C(=O)[O-].O. The lowest BCUT2D eigenvalue weighted by Gasteiger charge is -2.10. The van der Waals surface area contributed by atoms with Crippen molar-refractivity contribution >= 4 is 11.9 Å². The van der Waals surface area contributed by atoms with Gasteiger partial charge in [-0.05, 0) is 49.8 Å². The number of hydrogen-bond acceptors (Lipinski definition) is 5. The number of carboxylic acid groups (broad SMARTS) is 2. The largest absolute Gasteiger partial charge is 0.548 e. The van der Waals surface area contributed by atoms with E-state index < -0.39 is 23.9 Å². The summed E-state index contributed by atoms with van der Waals surface area (Å²) in [5.41, 5.74) is 12.5. The molecule has 1 rings (SSSR count). The molecular formula is C19H33N2O5-. The third-order valence-electron chi connectivity index (χ3n) is 3.77. The zero-order valence-electron chi connectivity index (χ0n) is 15.9. The lowest BCUT2D eigenvalue weighted by Crippen LogP contribution is -2.41. The molecule has 0 saturated carbocycles. The molecule has 26 heavy (non-hydrogen) atoms. The summed E-state index contributed by atoms with van der Waals surface area (Å²) in [6, 6.07) is 7.04. The van der Waals surface area contributed by atoms with E-state index in [-0.39, 0.29) is 5.48 Å². The molecule has 2 atom stereocenters. The van der Waals surface area contributed by atoms with Crippen LogP contribution in [-0.2, 0) is 16.0 Å². The molecule has 0 bridgehead atoms. The average molecular weight is 369 g/mol. The minimum Gasteiger partial charge on any atom is -0.548 e. The minimum absolute atomic E-state index is 0. The van der Waals surface area contributed by atoms with Gasteiger partial charge in [-0.25, -0.2) is 0 Å². The molecule has 0 aromatic heterocycles. The Morgan fingerprint density at radius 3 is 2.04 bits per heavy atom. The van der Waals surface area contributed by atoms with Crippen LogP contribution in [0.2, 0.25) is 0 Å². The Bertz CT molecular complexity index is 517. The molecule has 0 saturated heterocycles. The number of hydrogen-bond donors (Lipinski definition) is 3. The van der Waals surface area contributed by atoms with Gasteiger partial charge in [-0.3, -0.25) is 4.79 Å². The summed E-state index contributed by atoms with van der Waals surface area (Å²) in [7, 11) is 0. The first-order valence-electron chi connectivity index (χ1n) is 8.67. The van der Waals surface area contributed by atoms with E-state index in [2.05, 4.69) is 13.8 Å². The predicted molar refractivity (Wildman–Crippen MR) is 101 cm³/mol. The Hall–Kier alpha value is -1.96. The molecule has 7 N–H and O–H groups in total. The highest BCUT2D eigenvalue weighted by Gasteiger charge is 2.12. The molecule has 0 amide bonds. The van der Waals surface area contributed by atoms with Crippen molar-refractivity contribution in [1.82, 2.24) is 0 Å². The van der Waals surface area contributed by atoms with E-state index in [1.165, 1.54) is 5.56 Å². The minimum atomic E-state index is -1.18. The summed E-state index contributed by atoms with van der Waals surface area (Å²) in [6.07, 6.45) is 3.08. The number of carbonyl (C=O) groups is 2. The maximum absolute atomic E-state index is 10.8. The molecule has 1 aromatic carbocycles. The summed E-state index contributed by atoms with van der Waals surface area (Å²) in [5, 5.41) is 18.9. The van der Waals surface area contributed by atoms with Crippen LogP contribution >= 0.6 is 0 Å². The smallest absolute Gasteiger partial charge is 0.310 e. The van der Waals surface area contributed by atoms with E-state index in [4.69, 9.17) is 16.6 Å². The van der Waals surface area contributed by atoms with E-state index in [0.29, 0.717) is 18.9 Å². The van der Waals surface area contributed by atoms with Gasteiger partial charge < -0.3 is 32.0 Å². The van der Waals surface area contributed by atoms with Crippen molar-refractivity contribution in [2.45, 2.75) is 58.4 Å².